The summed E-state index contributed by atoms with van der Waals surface area (Å²) in [5, 5.41) is 0. The highest BCUT2D eigenvalue weighted by atomic mass is 16.2. The number of aryl methyl sites for hydroxylation is 2. The number of fused-ring (bicyclic) bond motifs is 1. The quantitative estimate of drug-likeness (QED) is 0.646. The average Bonchev–Trinajstić information content (AvgIpc) is 2.79. The van der Waals surface area contributed by atoms with Crippen molar-refractivity contribution in [1.82, 2.24) is 4.90 Å². The predicted molar refractivity (Wildman–Crippen MR) is 122 cm³/mol. The molecule has 4 rings (SSSR count). The molecular formula is C27H30N2O. The second-order valence-electron chi connectivity index (χ2n) is 8.28. The molecule has 0 radical (unpaired) electrons. The van der Waals surface area contributed by atoms with Gasteiger partial charge in [-0.25, -0.2) is 0 Å². The highest BCUT2D eigenvalue weighted by Crippen LogP contribution is 2.41. The van der Waals surface area contributed by atoms with E-state index in [1.54, 1.807) is 0 Å². The first-order chi connectivity index (χ1) is 14.7. The molecule has 0 saturated carbocycles. The molecule has 3 heteroatoms. The molecule has 3 aromatic carbocycles. The van der Waals surface area contributed by atoms with Crippen LogP contribution in [0.3, 0.4) is 0 Å². The molecular weight excluding hydrogens is 368 g/mol. The van der Waals surface area contributed by atoms with Gasteiger partial charge in [0.15, 0.2) is 0 Å². The SMILES string of the molecule is Cc1ccccc1CC1CCc2ccccc2C1N(Cc1ccccc1)C(=O)CN. The molecule has 3 nitrogen and oxygen atoms in total. The highest BCUT2D eigenvalue weighted by molar-refractivity contribution is 5.78. The van der Waals surface area contributed by atoms with E-state index in [0.717, 1.165) is 24.8 Å². The second kappa shape index (κ2) is 9.27. The Kier molecular flexibility index (Phi) is 6.29. The molecule has 1 amide bonds. The molecule has 2 atom stereocenters. The van der Waals surface area contributed by atoms with Crippen molar-refractivity contribution >= 4 is 5.91 Å². The van der Waals surface area contributed by atoms with Gasteiger partial charge >= 0.3 is 0 Å². The van der Waals surface area contributed by atoms with Crippen molar-refractivity contribution in [2.75, 3.05) is 6.54 Å². The Hall–Kier alpha value is -2.91. The van der Waals surface area contributed by atoms with Crippen molar-refractivity contribution in [3.05, 3.63) is 107 Å². The number of hydrogen-bond donors (Lipinski definition) is 1. The third-order valence-corrected chi connectivity index (χ3v) is 6.37. The van der Waals surface area contributed by atoms with Crippen molar-refractivity contribution in [2.24, 2.45) is 11.7 Å². The maximum Gasteiger partial charge on any atom is 0.237 e. The maximum atomic E-state index is 13.1. The van der Waals surface area contributed by atoms with Crippen LogP contribution in [0.4, 0.5) is 0 Å². The standard InChI is InChI=1S/C27H30N2O/c1-20-9-5-6-13-23(20)17-24-16-15-22-12-7-8-14-25(22)27(24)29(26(30)18-28)19-21-10-3-2-4-11-21/h2-14,24,27H,15-19,28H2,1H3. The van der Waals surface area contributed by atoms with Crippen LogP contribution in [0.5, 0.6) is 0 Å². The van der Waals surface area contributed by atoms with Crippen molar-refractivity contribution in [3.63, 3.8) is 0 Å². The topological polar surface area (TPSA) is 46.3 Å². The van der Waals surface area contributed by atoms with E-state index in [0.29, 0.717) is 12.5 Å². The third kappa shape index (κ3) is 4.31. The van der Waals surface area contributed by atoms with E-state index in [1.165, 1.54) is 22.3 Å². The van der Waals surface area contributed by atoms with Crippen molar-refractivity contribution in [1.29, 1.82) is 0 Å². The third-order valence-electron chi connectivity index (χ3n) is 6.37. The fourth-order valence-corrected chi connectivity index (χ4v) is 4.80. The number of carbonyl (C=O) groups is 1. The minimum atomic E-state index is 0.00957. The zero-order valence-corrected chi connectivity index (χ0v) is 17.6. The Labute approximate surface area is 179 Å². The first-order valence-electron chi connectivity index (χ1n) is 10.8. The van der Waals surface area contributed by atoms with Gasteiger partial charge in [-0.3, -0.25) is 4.79 Å². The first kappa shape index (κ1) is 20.4. The summed E-state index contributed by atoms with van der Waals surface area (Å²) in [6.45, 7) is 2.79. The fraction of sp³-hybridized carbons (Fsp3) is 0.296. The van der Waals surface area contributed by atoms with Crippen LogP contribution < -0.4 is 5.73 Å². The minimum absolute atomic E-state index is 0.00957. The number of benzene rings is 3. The summed E-state index contributed by atoms with van der Waals surface area (Å²) in [6, 6.07) is 27.5. The smallest absolute Gasteiger partial charge is 0.237 e. The van der Waals surface area contributed by atoms with Crippen molar-refractivity contribution in [2.45, 2.75) is 38.8 Å². The van der Waals surface area contributed by atoms with Gasteiger partial charge in [-0.1, -0.05) is 78.9 Å². The average molecular weight is 399 g/mol. The summed E-state index contributed by atoms with van der Waals surface area (Å²) >= 11 is 0. The van der Waals surface area contributed by atoms with Gasteiger partial charge in [-0.15, -0.1) is 0 Å². The van der Waals surface area contributed by atoms with E-state index in [9.17, 15) is 4.79 Å². The zero-order valence-electron chi connectivity index (χ0n) is 17.6. The molecule has 0 aliphatic heterocycles. The monoisotopic (exact) mass is 398 g/mol. The predicted octanol–water partition coefficient (Wildman–Crippen LogP) is 4.83. The number of rotatable bonds is 6. The molecule has 1 aliphatic rings. The summed E-state index contributed by atoms with van der Waals surface area (Å²) in [7, 11) is 0. The molecule has 0 aromatic heterocycles. The lowest BCUT2D eigenvalue weighted by Gasteiger charge is -2.41. The molecule has 154 valence electrons. The molecule has 3 aromatic rings. The number of amides is 1. The minimum Gasteiger partial charge on any atom is -0.330 e. The highest BCUT2D eigenvalue weighted by Gasteiger charge is 2.36. The van der Waals surface area contributed by atoms with Crippen LogP contribution in [0.2, 0.25) is 0 Å². The summed E-state index contributed by atoms with van der Waals surface area (Å²) in [4.78, 5) is 15.1. The molecule has 30 heavy (non-hydrogen) atoms. The van der Waals surface area contributed by atoms with E-state index in [1.807, 2.05) is 23.1 Å². The Morgan fingerprint density at radius 3 is 2.43 bits per heavy atom. The largest absolute Gasteiger partial charge is 0.330 e. The molecule has 0 fully saturated rings. The van der Waals surface area contributed by atoms with Gasteiger partial charge in [0.25, 0.3) is 0 Å². The van der Waals surface area contributed by atoms with Crippen molar-refractivity contribution < 1.29 is 4.79 Å². The number of nitrogens with zero attached hydrogens (tertiary/aromatic N) is 1. The van der Waals surface area contributed by atoms with Gasteiger partial charge in [0, 0.05) is 6.54 Å². The first-order valence-corrected chi connectivity index (χ1v) is 10.8. The van der Waals surface area contributed by atoms with Gasteiger partial charge in [-0.05, 0) is 59.9 Å². The number of hydrogen-bond acceptors (Lipinski definition) is 2. The summed E-state index contributed by atoms with van der Waals surface area (Å²) in [6.07, 6.45) is 3.09. The lowest BCUT2D eigenvalue weighted by Crippen LogP contribution is -2.43. The summed E-state index contributed by atoms with van der Waals surface area (Å²) < 4.78 is 0. The molecule has 0 spiro atoms. The van der Waals surface area contributed by atoms with E-state index >= 15 is 0 Å². The lowest BCUT2D eigenvalue weighted by molar-refractivity contribution is -0.134. The van der Waals surface area contributed by atoms with E-state index in [-0.39, 0.29) is 18.5 Å². The molecule has 2 N–H and O–H groups in total. The molecule has 0 saturated heterocycles. The fourth-order valence-electron chi connectivity index (χ4n) is 4.80. The number of nitrogens with two attached hydrogens (primary N) is 1. The van der Waals surface area contributed by atoms with Gasteiger partial charge in [0.2, 0.25) is 5.91 Å². The summed E-state index contributed by atoms with van der Waals surface area (Å²) in [5.41, 5.74) is 12.3. The zero-order chi connectivity index (χ0) is 20.9. The normalized spacial score (nSPS) is 17.9. The Balaban J connectivity index is 1.74. The van der Waals surface area contributed by atoms with Crippen LogP contribution in [-0.2, 0) is 24.2 Å². The maximum absolute atomic E-state index is 13.1. The Morgan fingerprint density at radius 1 is 0.967 bits per heavy atom. The molecule has 0 bridgehead atoms. The van der Waals surface area contributed by atoms with Crippen LogP contribution in [0, 0.1) is 12.8 Å². The molecule has 2 unspecified atom stereocenters. The van der Waals surface area contributed by atoms with Gasteiger partial charge < -0.3 is 10.6 Å². The van der Waals surface area contributed by atoms with Gasteiger partial charge in [0.05, 0.1) is 12.6 Å². The van der Waals surface area contributed by atoms with Crippen molar-refractivity contribution in [3.8, 4) is 0 Å². The molecule has 1 aliphatic carbocycles. The van der Waals surface area contributed by atoms with E-state index in [2.05, 4.69) is 67.6 Å². The lowest BCUT2D eigenvalue weighted by atomic mass is 9.75. The number of carbonyl (C=O) groups excluding carboxylic acids is 1. The van der Waals surface area contributed by atoms with Crippen LogP contribution in [0.1, 0.15) is 40.3 Å². The van der Waals surface area contributed by atoms with Gasteiger partial charge in [-0.2, -0.15) is 0 Å². The van der Waals surface area contributed by atoms with Crippen LogP contribution in [-0.4, -0.2) is 17.4 Å². The van der Waals surface area contributed by atoms with Crippen LogP contribution >= 0.6 is 0 Å². The summed E-state index contributed by atoms with van der Waals surface area (Å²) in [5.74, 6) is 0.371. The van der Waals surface area contributed by atoms with Crippen LogP contribution in [0.25, 0.3) is 0 Å². The van der Waals surface area contributed by atoms with E-state index in [4.69, 9.17) is 5.73 Å². The van der Waals surface area contributed by atoms with E-state index < -0.39 is 0 Å². The second-order valence-corrected chi connectivity index (χ2v) is 8.28. The Bertz CT molecular complexity index is 999. The van der Waals surface area contributed by atoms with Gasteiger partial charge in [0.1, 0.15) is 0 Å². The Morgan fingerprint density at radius 2 is 1.67 bits per heavy atom. The molecule has 0 heterocycles. The van der Waals surface area contributed by atoms with Crippen LogP contribution in [0.15, 0.2) is 78.9 Å².